The van der Waals surface area contributed by atoms with Crippen LogP contribution in [0.1, 0.15) is 0 Å². The number of halogens is 1. The summed E-state index contributed by atoms with van der Waals surface area (Å²) < 4.78 is 20.1. The molecule has 0 saturated carbocycles. The van der Waals surface area contributed by atoms with Crippen molar-refractivity contribution < 1.29 is 9.13 Å². The van der Waals surface area contributed by atoms with Gasteiger partial charge < -0.3 is 4.74 Å². The molecule has 90 valence electrons. The number of hydrogen-bond acceptors (Lipinski definition) is 3. The van der Waals surface area contributed by atoms with Crippen LogP contribution < -0.4 is 4.74 Å². The standard InChI is InChI=1S/C13H10FN3O/c1-18-12-8-9(14)2-3-10(12)11-4-6-15-13-5-7-16-17(11)13/h2-8H,1H3. The first kappa shape index (κ1) is 10.7. The smallest absolute Gasteiger partial charge is 0.155 e. The van der Waals surface area contributed by atoms with Gasteiger partial charge in [-0.15, -0.1) is 0 Å². The van der Waals surface area contributed by atoms with Crippen LogP contribution in [0, 0.1) is 5.82 Å². The lowest BCUT2D eigenvalue weighted by atomic mass is 10.1. The van der Waals surface area contributed by atoms with E-state index in [1.807, 2.05) is 6.07 Å². The van der Waals surface area contributed by atoms with Gasteiger partial charge in [-0.2, -0.15) is 5.10 Å². The van der Waals surface area contributed by atoms with Crippen LogP contribution in [0.2, 0.25) is 0 Å². The summed E-state index contributed by atoms with van der Waals surface area (Å²) in [4.78, 5) is 4.19. The van der Waals surface area contributed by atoms with Crippen molar-refractivity contribution in [2.24, 2.45) is 0 Å². The molecule has 0 amide bonds. The Morgan fingerprint density at radius 2 is 2.06 bits per heavy atom. The van der Waals surface area contributed by atoms with E-state index in [1.54, 1.807) is 29.0 Å². The van der Waals surface area contributed by atoms with Crippen molar-refractivity contribution in [3.05, 3.63) is 48.5 Å². The van der Waals surface area contributed by atoms with E-state index >= 15 is 0 Å². The molecule has 3 rings (SSSR count). The van der Waals surface area contributed by atoms with Gasteiger partial charge in [0.1, 0.15) is 11.6 Å². The molecule has 2 heterocycles. The Morgan fingerprint density at radius 3 is 2.89 bits per heavy atom. The average molecular weight is 243 g/mol. The normalized spacial score (nSPS) is 10.8. The summed E-state index contributed by atoms with van der Waals surface area (Å²) in [5.41, 5.74) is 2.32. The van der Waals surface area contributed by atoms with Crippen molar-refractivity contribution in [3.8, 4) is 17.0 Å². The maximum atomic E-state index is 13.2. The van der Waals surface area contributed by atoms with Gasteiger partial charge in [0, 0.05) is 23.9 Å². The lowest BCUT2D eigenvalue weighted by Crippen LogP contribution is -1.97. The fraction of sp³-hybridized carbons (Fsp3) is 0.0769. The molecule has 18 heavy (non-hydrogen) atoms. The summed E-state index contributed by atoms with van der Waals surface area (Å²) in [6.07, 6.45) is 3.36. The first-order valence-electron chi connectivity index (χ1n) is 5.42. The Bertz CT molecular complexity index is 708. The van der Waals surface area contributed by atoms with Gasteiger partial charge in [0.25, 0.3) is 0 Å². The summed E-state index contributed by atoms with van der Waals surface area (Å²) in [7, 11) is 1.51. The molecule has 4 nitrogen and oxygen atoms in total. The molecule has 0 aliphatic rings. The molecule has 0 radical (unpaired) electrons. The van der Waals surface area contributed by atoms with Crippen LogP contribution in [-0.2, 0) is 0 Å². The molecule has 0 atom stereocenters. The number of ether oxygens (including phenoxy) is 1. The third-order valence-electron chi connectivity index (χ3n) is 2.73. The number of aromatic nitrogens is 3. The summed E-state index contributed by atoms with van der Waals surface area (Å²) in [6, 6.07) is 8.04. The summed E-state index contributed by atoms with van der Waals surface area (Å²) in [5, 5.41) is 4.20. The van der Waals surface area contributed by atoms with Gasteiger partial charge in [-0.25, -0.2) is 13.9 Å². The van der Waals surface area contributed by atoms with Gasteiger partial charge in [0.05, 0.1) is 19.0 Å². The molecule has 0 unspecified atom stereocenters. The van der Waals surface area contributed by atoms with Crippen molar-refractivity contribution in [2.75, 3.05) is 7.11 Å². The monoisotopic (exact) mass is 243 g/mol. The SMILES string of the molecule is COc1cc(F)ccc1-c1ccnc2ccnn12. The van der Waals surface area contributed by atoms with Gasteiger partial charge in [0.2, 0.25) is 0 Å². The van der Waals surface area contributed by atoms with E-state index < -0.39 is 0 Å². The van der Waals surface area contributed by atoms with Crippen LogP contribution in [-0.4, -0.2) is 21.7 Å². The largest absolute Gasteiger partial charge is 0.496 e. The molecule has 0 saturated heterocycles. The molecule has 0 N–H and O–H groups in total. The first-order valence-corrected chi connectivity index (χ1v) is 5.42. The maximum Gasteiger partial charge on any atom is 0.155 e. The predicted molar refractivity (Wildman–Crippen MR) is 64.9 cm³/mol. The van der Waals surface area contributed by atoms with Crippen molar-refractivity contribution >= 4 is 5.65 Å². The average Bonchev–Trinajstić information content (AvgIpc) is 2.86. The number of hydrogen-bond donors (Lipinski definition) is 0. The Morgan fingerprint density at radius 1 is 1.17 bits per heavy atom. The minimum atomic E-state index is -0.332. The van der Waals surface area contributed by atoms with Crippen LogP contribution in [0.15, 0.2) is 42.7 Å². The van der Waals surface area contributed by atoms with Crippen LogP contribution >= 0.6 is 0 Å². The van der Waals surface area contributed by atoms with Gasteiger partial charge in [-0.3, -0.25) is 0 Å². The van der Waals surface area contributed by atoms with E-state index in [2.05, 4.69) is 10.1 Å². The minimum Gasteiger partial charge on any atom is -0.496 e. The number of fused-ring (bicyclic) bond motifs is 1. The van der Waals surface area contributed by atoms with Gasteiger partial charge in [0.15, 0.2) is 5.65 Å². The second-order valence-corrected chi connectivity index (χ2v) is 3.78. The summed E-state index contributed by atoms with van der Waals surface area (Å²) in [5.74, 6) is 0.138. The van der Waals surface area contributed by atoms with Crippen LogP contribution in [0.3, 0.4) is 0 Å². The highest BCUT2D eigenvalue weighted by Crippen LogP contribution is 2.30. The number of nitrogens with zero attached hydrogens (tertiary/aromatic N) is 3. The highest BCUT2D eigenvalue weighted by atomic mass is 19.1. The minimum absolute atomic E-state index is 0.332. The molecule has 5 heteroatoms. The summed E-state index contributed by atoms with van der Waals surface area (Å²) in [6.45, 7) is 0. The zero-order valence-electron chi connectivity index (χ0n) is 9.67. The molecule has 0 aliphatic carbocycles. The van der Waals surface area contributed by atoms with E-state index in [0.717, 1.165) is 16.9 Å². The highest BCUT2D eigenvalue weighted by molar-refractivity contribution is 5.69. The van der Waals surface area contributed by atoms with Crippen LogP contribution in [0.5, 0.6) is 5.75 Å². The molecule has 0 fully saturated rings. The second kappa shape index (κ2) is 4.10. The fourth-order valence-corrected chi connectivity index (χ4v) is 1.92. The molecule has 3 aromatic rings. The Balaban J connectivity index is 2.29. The number of rotatable bonds is 2. The first-order chi connectivity index (χ1) is 8.79. The molecule has 0 bridgehead atoms. The Hall–Kier alpha value is -2.43. The van der Waals surface area contributed by atoms with E-state index in [9.17, 15) is 4.39 Å². The third-order valence-corrected chi connectivity index (χ3v) is 2.73. The maximum absolute atomic E-state index is 13.2. The zero-order valence-corrected chi connectivity index (χ0v) is 9.67. The predicted octanol–water partition coefficient (Wildman–Crippen LogP) is 2.54. The highest BCUT2D eigenvalue weighted by Gasteiger charge is 2.11. The molecular weight excluding hydrogens is 233 g/mol. The van der Waals surface area contributed by atoms with Crippen LogP contribution in [0.4, 0.5) is 4.39 Å². The molecule has 0 aliphatic heterocycles. The van der Waals surface area contributed by atoms with Gasteiger partial charge in [-0.1, -0.05) is 0 Å². The summed E-state index contributed by atoms with van der Waals surface area (Å²) >= 11 is 0. The zero-order chi connectivity index (χ0) is 12.5. The fourth-order valence-electron chi connectivity index (χ4n) is 1.92. The van der Waals surface area contributed by atoms with Crippen molar-refractivity contribution in [1.29, 1.82) is 0 Å². The van der Waals surface area contributed by atoms with Gasteiger partial charge in [-0.05, 0) is 18.2 Å². The Labute approximate surface area is 103 Å². The van der Waals surface area contributed by atoms with Crippen molar-refractivity contribution in [2.45, 2.75) is 0 Å². The van der Waals surface area contributed by atoms with E-state index in [0.29, 0.717) is 5.75 Å². The third kappa shape index (κ3) is 1.60. The van der Waals surface area contributed by atoms with Crippen LogP contribution in [0.25, 0.3) is 16.9 Å². The van der Waals surface area contributed by atoms with Crippen molar-refractivity contribution in [3.63, 3.8) is 0 Å². The number of methoxy groups -OCH3 is 1. The topological polar surface area (TPSA) is 39.4 Å². The lowest BCUT2D eigenvalue weighted by molar-refractivity contribution is 0.412. The number of benzene rings is 1. The van der Waals surface area contributed by atoms with E-state index in [4.69, 9.17) is 4.74 Å². The van der Waals surface area contributed by atoms with E-state index in [1.165, 1.54) is 19.2 Å². The van der Waals surface area contributed by atoms with Crippen molar-refractivity contribution in [1.82, 2.24) is 14.6 Å². The molecular formula is C13H10FN3O. The molecule has 0 spiro atoms. The second-order valence-electron chi connectivity index (χ2n) is 3.78. The lowest BCUT2D eigenvalue weighted by Gasteiger charge is -2.09. The van der Waals surface area contributed by atoms with E-state index in [-0.39, 0.29) is 5.82 Å². The molecule has 2 aromatic heterocycles. The quantitative estimate of drug-likeness (QED) is 0.694. The van der Waals surface area contributed by atoms with Gasteiger partial charge >= 0.3 is 0 Å². The Kier molecular flexibility index (Phi) is 2.44. The molecule has 1 aromatic carbocycles.